The van der Waals surface area contributed by atoms with Gasteiger partial charge in [-0.1, -0.05) is 19.8 Å². The first kappa shape index (κ1) is 11.9. The molecule has 4 heteroatoms. The van der Waals surface area contributed by atoms with Gasteiger partial charge in [0.05, 0.1) is 11.4 Å². The summed E-state index contributed by atoms with van der Waals surface area (Å²) in [5.74, 6) is 0.978. The molecule has 0 atom stereocenters. The van der Waals surface area contributed by atoms with Gasteiger partial charge in [-0.2, -0.15) is 5.10 Å². The summed E-state index contributed by atoms with van der Waals surface area (Å²) >= 11 is 0. The quantitative estimate of drug-likeness (QED) is 0.709. The second-order valence-corrected chi connectivity index (χ2v) is 3.80. The van der Waals surface area contributed by atoms with E-state index in [1.54, 1.807) is 0 Å². The summed E-state index contributed by atoms with van der Waals surface area (Å²) < 4.78 is 1.93. The fraction of sp³-hybridized carbons (Fsp3) is 0.727. The predicted octanol–water partition coefficient (Wildman–Crippen LogP) is 2.40. The summed E-state index contributed by atoms with van der Waals surface area (Å²) in [4.78, 5) is 0. The van der Waals surface area contributed by atoms with Crippen molar-refractivity contribution in [2.45, 2.75) is 46.6 Å². The summed E-state index contributed by atoms with van der Waals surface area (Å²) in [5, 5.41) is 7.72. The van der Waals surface area contributed by atoms with Crippen LogP contribution in [0, 0.1) is 6.92 Å². The number of aryl methyl sites for hydroxylation is 2. The van der Waals surface area contributed by atoms with E-state index in [2.05, 4.69) is 24.3 Å². The number of nitrogens with two attached hydrogens (primary N) is 1. The molecule has 3 N–H and O–H groups in total. The number of anilines is 2. The van der Waals surface area contributed by atoms with Gasteiger partial charge in [0.1, 0.15) is 5.82 Å². The van der Waals surface area contributed by atoms with Crippen molar-refractivity contribution >= 4 is 11.5 Å². The second kappa shape index (κ2) is 5.63. The van der Waals surface area contributed by atoms with Gasteiger partial charge >= 0.3 is 0 Å². The molecule has 1 rings (SSSR count). The van der Waals surface area contributed by atoms with E-state index in [0.29, 0.717) is 0 Å². The number of nitrogens with zero attached hydrogens (tertiary/aromatic N) is 2. The highest BCUT2D eigenvalue weighted by atomic mass is 15.3. The van der Waals surface area contributed by atoms with Crippen molar-refractivity contribution in [2.75, 3.05) is 17.6 Å². The molecule has 0 radical (unpaired) electrons. The van der Waals surface area contributed by atoms with Crippen LogP contribution in [0.15, 0.2) is 0 Å². The van der Waals surface area contributed by atoms with Crippen LogP contribution in [0.3, 0.4) is 0 Å². The average molecular weight is 210 g/mol. The lowest BCUT2D eigenvalue weighted by Crippen LogP contribution is -2.09. The van der Waals surface area contributed by atoms with E-state index in [-0.39, 0.29) is 0 Å². The van der Waals surface area contributed by atoms with Gasteiger partial charge in [0.25, 0.3) is 0 Å². The zero-order chi connectivity index (χ0) is 11.3. The molecule has 0 aromatic carbocycles. The van der Waals surface area contributed by atoms with Gasteiger partial charge in [-0.3, -0.25) is 0 Å². The lowest BCUT2D eigenvalue weighted by atomic mass is 10.2. The average Bonchev–Trinajstić information content (AvgIpc) is 2.51. The maximum absolute atomic E-state index is 5.95. The Labute approximate surface area is 91.8 Å². The van der Waals surface area contributed by atoms with Crippen molar-refractivity contribution in [1.29, 1.82) is 0 Å². The zero-order valence-electron chi connectivity index (χ0n) is 10.0. The molecule has 1 heterocycles. The number of unbranched alkanes of at least 4 members (excludes halogenated alkanes) is 2. The van der Waals surface area contributed by atoms with Crippen LogP contribution in [-0.4, -0.2) is 16.3 Å². The Morgan fingerprint density at radius 1 is 1.33 bits per heavy atom. The number of nitrogens with one attached hydrogen (secondary N) is 1. The first-order valence-corrected chi connectivity index (χ1v) is 5.77. The Morgan fingerprint density at radius 2 is 2.07 bits per heavy atom. The van der Waals surface area contributed by atoms with Crippen LogP contribution in [-0.2, 0) is 6.54 Å². The lowest BCUT2D eigenvalue weighted by Gasteiger charge is -2.08. The minimum atomic E-state index is 0.786. The van der Waals surface area contributed by atoms with Gasteiger partial charge in [-0.05, 0) is 20.3 Å². The van der Waals surface area contributed by atoms with Crippen LogP contribution in [0.25, 0.3) is 0 Å². The van der Waals surface area contributed by atoms with Crippen LogP contribution in [0.5, 0.6) is 0 Å². The number of rotatable bonds is 6. The first-order valence-electron chi connectivity index (χ1n) is 5.77. The van der Waals surface area contributed by atoms with Gasteiger partial charge < -0.3 is 11.1 Å². The summed E-state index contributed by atoms with van der Waals surface area (Å²) in [6.07, 6.45) is 3.68. The summed E-state index contributed by atoms with van der Waals surface area (Å²) in [6, 6.07) is 0. The molecular weight excluding hydrogens is 188 g/mol. The fourth-order valence-electron chi connectivity index (χ4n) is 1.59. The minimum Gasteiger partial charge on any atom is -0.394 e. The standard InChI is InChI=1S/C11H22N4/c1-4-6-7-8-13-11-10(12)9(3)14-15(11)5-2/h13H,4-8,12H2,1-3H3. The Balaban J connectivity index is 2.58. The third kappa shape index (κ3) is 2.88. The normalized spacial score (nSPS) is 10.6. The molecule has 0 aliphatic heterocycles. The van der Waals surface area contributed by atoms with Gasteiger partial charge in [0.2, 0.25) is 0 Å². The summed E-state index contributed by atoms with van der Waals surface area (Å²) in [7, 11) is 0. The molecule has 0 aliphatic carbocycles. The SMILES string of the molecule is CCCCCNc1c(N)c(C)nn1CC. The van der Waals surface area contributed by atoms with E-state index < -0.39 is 0 Å². The molecule has 0 spiro atoms. The first-order chi connectivity index (χ1) is 7.20. The van der Waals surface area contributed by atoms with Crippen molar-refractivity contribution in [1.82, 2.24) is 9.78 Å². The number of nitrogen functional groups attached to an aromatic ring is 1. The van der Waals surface area contributed by atoms with Gasteiger partial charge in [0.15, 0.2) is 0 Å². The van der Waals surface area contributed by atoms with E-state index in [9.17, 15) is 0 Å². The lowest BCUT2D eigenvalue weighted by molar-refractivity contribution is 0.653. The molecule has 0 fully saturated rings. The second-order valence-electron chi connectivity index (χ2n) is 3.80. The predicted molar refractivity (Wildman–Crippen MR) is 65.1 cm³/mol. The summed E-state index contributed by atoms with van der Waals surface area (Å²) in [6.45, 7) is 8.05. The van der Waals surface area contributed by atoms with Gasteiger partial charge in [-0.15, -0.1) is 0 Å². The fourth-order valence-corrected chi connectivity index (χ4v) is 1.59. The van der Waals surface area contributed by atoms with Crippen molar-refractivity contribution < 1.29 is 0 Å². The van der Waals surface area contributed by atoms with E-state index in [1.807, 2.05) is 11.6 Å². The maximum atomic E-state index is 5.95. The van der Waals surface area contributed by atoms with Crippen LogP contribution < -0.4 is 11.1 Å². The van der Waals surface area contributed by atoms with Crippen LogP contribution in [0.4, 0.5) is 11.5 Å². The van der Waals surface area contributed by atoms with Crippen LogP contribution >= 0.6 is 0 Å². The number of hydrogen-bond acceptors (Lipinski definition) is 3. The van der Waals surface area contributed by atoms with Crippen molar-refractivity contribution in [3.8, 4) is 0 Å². The molecule has 4 nitrogen and oxygen atoms in total. The molecular formula is C11H22N4. The molecule has 0 saturated heterocycles. The third-order valence-corrected chi connectivity index (χ3v) is 2.55. The molecule has 0 saturated carbocycles. The monoisotopic (exact) mass is 210 g/mol. The molecule has 0 aliphatic rings. The Kier molecular flexibility index (Phi) is 4.46. The highest BCUT2D eigenvalue weighted by molar-refractivity contribution is 5.64. The highest BCUT2D eigenvalue weighted by Crippen LogP contribution is 2.21. The zero-order valence-corrected chi connectivity index (χ0v) is 10.0. The van der Waals surface area contributed by atoms with Crippen molar-refractivity contribution in [2.24, 2.45) is 0 Å². The van der Waals surface area contributed by atoms with Crippen LogP contribution in [0.1, 0.15) is 38.8 Å². The number of hydrogen-bond donors (Lipinski definition) is 2. The summed E-state index contributed by atoms with van der Waals surface area (Å²) in [5.41, 5.74) is 7.65. The Morgan fingerprint density at radius 3 is 2.67 bits per heavy atom. The highest BCUT2D eigenvalue weighted by Gasteiger charge is 2.09. The molecule has 1 aromatic heterocycles. The van der Waals surface area contributed by atoms with Crippen LogP contribution in [0.2, 0.25) is 0 Å². The van der Waals surface area contributed by atoms with Crippen molar-refractivity contribution in [3.63, 3.8) is 0 Å². The smallest absolute Gasteiger partial charge is 0.148 e. The molecule has 0 unspecified atom stereocenters. The van der Waals surface area contributed by atoms with E-state index in [1.165, 1.54) is 19.3 Å². The maximum Gasteiger partial charge on any atom is 0.148 e. The molecule has 0 amide bonds. The largest absolute Gasteiger partial charge is 0.394 e. The van der Waals surface area contributed by atoms with Gasteiger partial charge in [-0.25, -0.2) is 4.68 Å². The van der Waals surface area contributed by atoms with Gasteiger partial charge in [0, 0.05) is 13.1 Å². The van der Waals surface area contributed by atoms with E-state index in [4.69, 9.17) is 5.73 Å². The molecule has 0 bridgehead atoms. The van der Waals surface area contributed by atoms with E-state index in [0.717, 1.165) is 30.3 Å². The Hall–Kier alpha value is -1.19. The van der Waals surface area contributed by atoms with Crippen molar-refractivity contribution in [3.05, 3.63) is 5.69 Å². The number of aromatic nitrogens is 2. The molecule has 1 aromatic rings. The molecule has 86 valence electrons. The Bertz CT molecular complexity index is 304. The topological polar surface area (TPSA) is 55.9 Å². The molecule has 15 heavy (non-hydrogen) atoms. The third-order valence-electron chi connectivity index (χ3n) is 2.55. The van der Waals surface area contributed by atoms with E-state index >= 15 is 0 Å². The minimum absolute atomic E-state index is 0.786.